The summed E-state index contributed by atoms with van der Waals surface area (Å²) in [5, 5.41) is 0. The van der Waals surface area contributed by atoms with E-state index in [1.165, 1.54) is 0 Å². The number of rotatable bonds is 9. The standard InChI is InChI=1S/C23H24O3/c1-19(24-17-20-11-5-2-6-12-20)23(26-22-15-9-4-10-16-22)18-25-21-13-7-3-8-14-21/h2-16,19,23H,17-18H2,1H3/t19-,23+/m1/s1. The van der Waals surface area contributed by atoms with Gasteiger partial charge in [-0.3, -0.25) is 0 Å². The van der Waals surface area contributed by atoms with Crippen LogP contribution in [0.3, 0.4) is 0 Å². The number of hydrogen-bond acceptors (Lipinski definition) is 3. The summed E-state index contributed by atoms with van der Waals surface area (Å²) in [7, 11) is 0. The summed E-state index contributed by atoms with van der Waals surface area (Å²) in [6.07, 6.45) is -0.347. The van der Waals surface area contributed by atoms with Crippen LogP contribution in [0.5, 0.6) is 11.5 Å². The lowest BCUT2D eigenvalue weighted by atomic mass is 10.2. The van der Waals surface area contributed by atoms with Crippen molar-refractivity contribution in [1.82, 2.24) is 0 Å². The Hall–Kier alpha value is -2.78. The van der Waals surface area contributed by atoms with Crippen molar-refractivity contribution in [1.29, 1.82) is 0 Å². The summed E-state index contributed by atoms with van der Waals surface area (Å²) in [5.74, 6) is 1.63. The lowest BCUT2D eigenvalue weighted by Gasteiger charge is -2.25. The highest BCUT2D eigenvalue weighted by molar-refractivity contribution is 5.22. The van der Waals surface area contributed by atoms with Crippen LogP contribution in [-0.2, 0) is 11.3 Å². The first-order chi connectivity index (χ1) is 12.8. The van der Waals surface area contributed by atoms with Crippen LogP contribution >= 0.6 is 0 Å². The quantitative estimate of drug-likeness (QED) is 0.537. The molecule has 0 aliphatic heterocycles. The Kier molecular flexibility index (Phi) is 6.68. The molecule has 0 bridgehead atoms. The summed E-state index contributed by atoms with van der Waals surface area (Å²) in [4.78, 5) is 0. The fourth-order valence-corrected chi connectivity index (χ4v) is 2.54. The van der Waals surface area contributed by atoms with E-state index in [0.29, 0.717) is 13.2 Å². The lowest BCUT2D eigenvalue weighted by molar-refractivity contribution is -0.0396. The van der Waals surface area contributed by atoms with Gasteiger partial charge in [-0.05, 0) is 36.8 Å². The predicted molar refractivity (Wildman–Crippen MR) is 103 cm³/mol. The van der Waals surface area contributed by atoms with E-state index in [9.17, 15) is 0 Å². The van der Waals surface area contributed by atoms with Crippen LogP contribution in [0, 0.1) is 0 Å². The monoisotopic (exact) mass is 348 g/mol. The third-order valence-electron chi connectivity index (χ3n) is 4.07. The molecular weight excluding hydrogens is 324 g/mol. The Labute approximate surface area is 155 Å². The Morgan fingerprint density at radius 2 is 1.23 bits per heavy atom. The highest BCUT2D eigenvalue weighted by Gasteiger charge is 2.21. The van der Waals surface area contributed by atoms with Gasteiger partial charge in [-0.25, -0.2) is 0 Å². The van der Waals surface area contributed by atoms with Crippen molar-refractivity contribution >= 4 is 0 Å². The zero-order valence-electron chi connectivity index (χ0n) is 15.0. The van der Waals surface area contributed by atoms with E-state index < -0.39 is 0 Å². The maximum atomic E-state index is 6.14. The molecule has 26 heavy (non-hydrogen) atoms. The molecule has 2 atom stereocenters. The van der Waals surface area contributed by atoms with Crippen molar-refractivity contribution in [3.63, 3.8) is 0 Å². The topological polar surface area (TPSA) is 27.7 Å². The van der Waals surface area contributed by atoms with E-state index in [0.717, 1.165) is 17.1 Å². The van der Waals surface area contributed by atoms with Crippen LogP contribution in [-0.4, -0.2) is 18.8 Å². The zero-order valence-corrected chi connectivity index (χ0v) is 15.0. The maximum absolute atomic E-state index is 6.14. The van der Waals surface area contributed by atoms with Gasteiger partial charge in [0.15, 0.2) is 6.10 Å². The zero-order chi connectivity index (χ0) is 18.0. The molecule has 0 spiro atoms. The normalized spacial score (nSPS) is 13.0. The summed E-state index contributed by atoms with van der Waals surface area (Å²) in [6, 6.07) is 29.7. The fourth-order valence-electron chi connectivity index (χ4n) is 2.54. The SMILES string of the molecule is C[C@@H](OCc1ccccc1)[C@H](COc1ccccc1)Oc1ccccc1. The van der Waals surface area contributed by atoms with Crippen molar-refractivity contribution in [3.05, 3.63) is 96.6 Å². The highest BCUT2D eigenvalue weighted by atomic mass is 16.6. The lowest BCUT2D eigenvalue weighted by Crippen LogP contribution is -2.37. The van der Waals surface area contributed by atoms with Crippen molar-refractivity contribution in [2.75, 3.05) is 6.61 Å². The minimum absolute atomic E-state index is 0.126. The molecule has 0 N–H and O–H groups in total. The first-order valence-corrected chi connectivity index (χ1v) is 8.86. The molecule has 3 aromatic rings. The minimum Gasteiger partial charge on any atom is -0.490 e. The number of para-hydroxylation sites is 2. The summed E-state index contributed by atoms with van der Waals surface area (Å²) >= 11 is 0. The Balaban J connectivity index is 1.62. The molecule has 134 valence electrons. The summed E-state index contributed by atoms with van der Waals surface area (Å²) in [6.45, 7) is 2.97. The van der Waals surface area contributed by atoms with Gasteiger partial charge in [0.2, 0.25) is 0 Å². The molecule has 3 heteroatoms. The predicted octanol–water partition coefficient (Wildman–Crippen LogP) is 5.12. The van der Waals surface area contributed by atoms with Crippen LogP contribution in [0.1, 0.15) is 12.5 Å². The number of ether oxygens (including phenoxy) is 3. The molecule has 0 amide bonds. The molecule has 3 nitrogen and oxygen atoms in total. The van der Waals surface area contributed by atoms with Gasteiger partial charge in [0.05, 0.1) is 12.7 Å². The van der Waals surface area contributed by atoms with Gasteiger partial charge in [0.1, 0.15) is 18.1 Å². The largest absolute Gasteiger partial charge is 0.490 e. The average Bonchev–Trinajstić information content (AvgIpc) is 2.71. The first kappa shape index (κ1) is 18.0. The molecule has 0 fully saturated rings. The minimum atomic E-state index is -0.221. The van der Waals surface area contributed by atoms with E-state index in [1.807, 2.05) is 85.8 Å². The summed E-state index contributed by atoms with van der Waals surface area (Å²) in [5.41, 5.74) is 1.14. The van der Waals surface area contributed by atoms with Crippen LogP contribution in [0.2, 0.25) is 0 Å². The maximum Gasteiger partial charge on any atom is 0.158 e. The van der Waals surface area contributed by atoms with E-state index in [4.69, 9.17) is 14.2 Å². The average molecular weight is 348 g/mol. The van der Waals surface area contributed by atoms with Crippen molar-refractivity contribution in [2.24, 2.45) is 0 Å². The molecule has 3 rings (SSSR count). The smallest absolute Gasteiger partial charge is 0.158 e. The third-order valence-corrected chi connectivity index (χ3v) is 4.07. The summed E-state index contributed by atoms with van der Waals surface area (Å²) < 4.78 is 18.1. The van der Waals surface area contributed by atoms with Crippen molar-refractivity contribution in [2.45, 2.75) is 25.7 Å². The molecule has 0 aliphatic rings. The van der Waals surface area contributed by atoms with Crippen LogP contribution in [0.25, 0.3) is 0 Å². The Bertz CT molecular complexity index is 744. The second kappa shape index (κ2) is 9.64. The van der Waals surface area contributed by atoms with Crippen LogP contribution < -0.4 is 9.47 Å². The van der Waals surface area contributed by atoms with E-state index in [2.05, 4.69) is 12.1 Å². The molecule has 0 aromatic heterocycles. The fraction of sp³-hybridized carbons (Fsp3) is 0.217. The molecule has 0 unspecified atom stereocenters. The van der Waals surface area contributed by atoms with Gasteiger partial charge in [-0.1, -0.05) is 66.7 Å². The van der Waals surface area contributed by atoms with Gasteiger partial charge < -0.3 is 14.2 Å². The second-order valence-electron chi connectivity index (χ2n) is 6.10. The first-order valence-electron chi connectivity index (χ1n) is 8.86. The molecule has 0 saturated heterocycles. The van der Waals surface area contributed by atoms with Gasteiger partial charge in [0, 0.05) is 0 Å². The van der Waals surface area contributed by atoms with E-state index in [-0.39, 0.29) is 12.2 Å². The molecule has 0 aliphatic carbocycles. The van der Waals surface area contributed by atoms with Crippen molar-refractivity contribution < 1.29 is 14.2 Å². The molecular formula is C23H24O3. The van der Waals surface area contributed by atoms with E-state index >= 15 is 0 Å². The van der Waals surface area contributed by atoms with Crippen LogP contribution in [0.4, 0.5) is 0 Å². The second-order valence-corrected chi connectivity index (χ2v) is 6.10. The third kappa shape index (κ3) is 5.64. The Morgan fingerprint density at radius 1 is 0.692 bits per heavy atom. The van der Waals surface area contributed by atoms with Gasteiger partial charge in [0.25, 0.3) is 0 Å². The van der Waals surface area contributed by atoms with Crippen LogP contribution in [0.15, 0.2) is 91.0 Å². The molecule has 0 saturated carbocycles. The number of hydrogen-bond donors (Lipinski definition) is 0. The highest BCUT2D eigenvalue weighted by Crippen LogP contribution is 2.17. The van der Waals surface area contributed by atoms with Gasteiger partial charge in [-0.15, -0.1) is 0 Å². The van der Waals surface area contributed by atoms with Crippen molar-refractivity contribution in [3.8, 4) is 11.5 Å². The van der Waals surface area contributed by atoms with Gasteiger partial charge in [-0.2, -0.15) is 0 Å². The molecule has 3 aromatic carbocycles. The van der Waals surface area contributed by atoms with Gasteiger partial charge >= 0.3 is 0 Å². The number of benzene rings is 3. The molecule has 0 heterocycles. The molecule has 0 radical (unpaired) electrons. The Morgan fingerprint density at radius 3 is 1.85 bits per heavy atom. The van der Waals surface area contributed by atoms with E-state index in [1.54, 1.807) is 0 Å².